The Morgan fingerprint density at radius 2 is 1.71 bits per heavy atom. The van der Waals surface area contributed by atoms with Crippen LogP contribution in [0.15, 0.2) is 36.5 Å². The van der Waals surface area contributed by atoms with Crippen molar-refractivity contribution in [3.05, 3.63) is 57.8 Å². The number of hydrogen-bond acceptors (Lipinski definition) is 3. The molecule has 5 heteroatoms. The van der Waals surface area contributed by atoms with Gasteiger partial charge in [0, 0.05) is 19.3 Å². The first-order valence-electron chi connectivity index (χ1n) is 8.28. The van der Waals surface area contributed by atoms with Crippen LogP contribution in [0.3, 0.4) is 0 Å². The number of ether oxygens (including phenoxy) is 1. The molecule has 0 bridgehead atoms. The van der Waals surface area contributed by atoms with Gasteiger partial charge in [-0.05, 0) is 43.9 Å². The van der Waals surface area contributed by atoms with Gasteiger partial charge in [0.2, 0.25) is 0 Å². The highest BCUT2D eigenvalue weighted by Crippen LogP contribution is 2.52. The maximum atomic E-state index is 6.59. The van der Waals surface area contributed by atoms with Gasteiger partial charge in [-0.3, -0.25) is 0 Å². The normalized spacial score (nSPS) is 21.1. The van der Waals surface area contributed by atoms with Crippen molar-refractivity contribution in [3.63, 3.8) is 0 Å². The van der Waals surface area contributed by atoms with Gasteiger partial charge in [0.1, 0.15) is 10.2 Å². The molecule has 0 atom stereocenters. The van der Waals surface area contributed by atoms with E-state index in [1.165, 1.54) is 11.1 Å². The van der Waals surface area contributed by atoms with Crippen LogP contribution in [0.2, 0.25) is 10.2 Å². The number of rotatable bonds is 1. The van der Waals surface area contributed by atoms with Gasteiger partial charge in [0.15, 0.2) is 0 Å². The van der Waals surface area contributed by atoms with Crippen LogP contribution in [0.1, 0.15) is 37.8 Å². The van der Waals surface area contributed by atoms with Crippen molar-refractivity contribution in [2.45, 2.75) is 37.9 Å². The molecule has 2 aliphatic heterocycles. The Labute approximate surface area is 152 Å². The summed E-state index contributed by atoms with van der Waals surface area (Å²) >= 11 is 12.4. The number of hydrogen-bond donors (Lipinski definition) is 0. The van der Waals surface area contributed by atoms with Crippen LogP contribution >= 0.6 is 23.2 Å². The molecule has 3 nitrogen and oxygen atoms in total. The lowest BCUT2D eigenvalue weighted by Gasteiger charge is -2.41. The maximum Gasteiger partial charge on any atom is 0.149 e. The van der Waals surface area contributed by atoms with Gasteiger partial charge >= 0.3 is 0 Å². The minimum absolute atomic E-state index is 0.195. The highest BCUT2D eigenvalue weighted by molar-refractivity contribution is 6.42. The van der Waals surface area contributed by atoms with E-state index in [2.05, 4.69) is 48.0 Å². The van der Waals surface area contributed by atoms with E-state index >= 15 is 0 Å². The van der Waals surface area contributed by atoms with Gasteiger partial charge in [-0.1, -0.05) is 47.5 Å². The Hall–Kier alpha value is -1.29. The van der Waals surface area contributed by atoms with E-state index in [1.807, 2.05) is 6.07 Å². The van der Waals surface area contributed by atoms with Crippen LogP contribution in [0.4, 0.5) is 5.69 Å². The monoisotopic (exact) mass is 362 g/mol. The van der Waals surface area contributed by atoms with Crippen molar-refractivity contribution in [3.8, 4) is 0 Å². The molecular formula is C19H20Cl2N2O. The van der Waals surface area contributed by atoms with Crippen molar-refractivity contribution < 1.29 is 4.74 Å². The molecule has 0 N–H and O–H groups in total. The van der Waals surface area contributed by atoms with Gasteiger partial charge in [-0.15, -0.1) is 0 Å². The smallest absolute Gasteiger partial charge is 0.149 e. The maximum absolute atomic E-state index is 6.59. The molecular weight excluding hydrogens is 343 g/mol. The van der Waals surface area contributed by atoms with Crippen LogP contribution in [0.5, 0.6) is 0 Å². The second-order valence-corrected chi connectivity index (χ2v) is 7.81. The van der Waals surface area contributed by atoms with Gasteiger partial charge in [0.05, 0.1) is 16.9 Å². The number of benzene rings is 1. The van der Waals surface area contributed by atoms with Crippen LogP contribution in [-0.2, 0) is 15.9 Å². The van der Waals surface area contributed by atoms with Crippen LogP contribution < -0.4 is 4.90 Å². The first-order chi connectivity index (χ1) is 11.4. The van der Waals surface area contributed by atoms with E-state index in [4.69, 9.17) is 27.9 Å². The van der Waals surface area contributed by atoms with Gasteiger partial charge in [-0.2, -0.15) is 0 Å². The topological polar surface area (TPSA) is 25.4 Å². The number of fused-ring (bicyclic) bond motifs is 2. The molecule has 1 fully saturated rings. The fraction of sp³-hybridized carbons (Fsp3) is 0.421. The summed E-state index contributed by atoms with van der Waals surface area (Å²) in [5.74, 6) is 0. The number of piperidine rings is 1. The molecule has 0 radical (unpaired) electrons. The quantitative estimate of drug-likeness (QED) is 0.656. The summed E-state index contributed by atoms with van der Waals surface area (Å²) in [5, 5.41) is 0.890. The molecule has 1 spiro atoms. The molecule has 0 amide bonds. The summed E-state index contributed by atoms with van der Waals surface area (Å²) in [7, 11) is 0. The van der Waals surface area contributed by atoms with Gasteiger partial charge in [0.25, 0.3) is 0 Å². The Bertz CT molecular complexity index is 783. The molecule has 0 aliphatic carbocycles. The number of anilines is 1. The third-order valence-electron chi connectivity index (χ3n) is 5.26. The predicted molar refractivity (Wildman–Crippen MR) is 97.9 cm³/mol. The van der Waals surface area contributed by atoms with Crippen LogP contribution in [0.25, 0.3) is 0 Å². The van der Waals surface area contributed by atoms with Crippen molar-refractivity contribution in [1.82, 2.24) is 4.98 Å². The number of nitrogens with zero attached hydrogens (tertiary/aromatic N) is 2. The Balaban J connectivity index is 1.62. The molecule has 1 aromatic carbocycles. The van der Waals surface area contributed by atoms with Crippen molar-refractivity contribution in [1.29, 1.82) is 0 Å². The minimum atomic E-state index is -0.240. The summed E-state index contributed by atoms with van der Waals surface area (Å²) in [4.78, 5) is 6.31. The van der Waals surface area contributed by atoms with Crippen molar-refractivity contribution in [2.24, 2.45) is 0 Å². The first kappa shape index (κ1) is 16.2. The van der Waals surface area contributed by atoms with E-state index < -0.39 is 0 Å². The van der Waals surface area contributed by atoms with E-state index in [0.717, 1.165) is 31.6 Å². The Morgan fingerprint density at radius 1 is 1.04 bits per heavy atom. The van der Waals surface area contributed by atoms with Crippen molar-refractivity contribution in [2.75, 3.05) is 18.0 Å². The summed E-state index contributed by atoms with van der Waals surface area (Å²) in [5.41, 5.74) is 3.17. The lowest BCUT2D eigenvalue weighted by molar-refractivity contribution is -0.136. The third kappa shape index (κ3) is 2.42. The highest BCUT2D eigenvalue weighted by atomic mass is 35.5. The molecule has 4 rings (SSSR count). The van der Waals surface area contributed by atoms with Gasteiger partial charge in [-0.25, -0.2) is 4.98 Å². The standard InChI is InChI=1S/C19H20Cl2N2O/c1-18(2)13-5-3-4-6-14(13)19(24-18)8-11-23(12-9-19)15-7-10-22-17(21)16(15)20/h3-7,10H,8-9,11-12H2,1-2H3. The second kappa shape index (κ2) is 5.62. The zero-order valence-electron chi connectivity index (χ0n) is 13.9. The van der Waals surface area contributed by atoms with E-state index in [1.54, 1.807) is 6.20 Å². The molecule has 126 valence electrons. The highest BCUT2D eigenvalue weighted by Gasteiger charge is 2.49. The SMILES string of the molecule is CC1(C)OC2(CCN(c3ccnc(Cl)c3Cl)CC2)c2ccccc21. The number of aromatic nitrogens is 1. The summed E-state index contributed by atoms with van der Waals surface area (Å²) in [6.45, 7) is 6.08. The summed E-state index contributed by atoms with van der Waals surface area (Å²) in [6, 6.07) is 10.5. The molecule has 2 aromatic rings. The second-order valence-electron chi connectivity index (χ2n) is 7.07. The molecule has 1 aromatic heterocycles. The minimum Gasteiger partial charge on any atom is -0.370 e. The number of halogens is 2. The zero-order chi connectivity index (χ0) is 16.9. The molecule has 3 heterocycles. The van der Waals surface area contributed by atoms with E-state index in [0.29, 0.717) is 10.2 Å². The van der Waals surface area contributed by atoms with E-state index in [9.17, 15) is 0 Å². The Morgan fingerprint density at radius 3 is 2.42 bits per heavy atom. The van der Waals surface area contributed by atoms with E-state index in [-0.39, 0.29) is 11.2 Å². The lowest BCUT2D eigenvalue weighted by atomic mass is 9.82. The largest absolute Gasteiger partial charge is 0.370 e. The fourth-order valence-corrected chi connectivity index (χ4v) is 4.52. The molecule has 2 aliphatic rings. The third-order valence-corrected chi connectivity index (χ3v) is 6.01. The summed E-state index contributed by atoms with van der Waals surface area (Å²) in [6.07, 6.45) is 3.58. The molecule has 0 unspecified atom stereocenters. The zero-order valence-corrected chi connectivity index (χ0v) is 15.4. The average Bonchev–Trinajstić information content (AvgIpc) is 2.79. The molecule has 24 heavy (non-hydrogen) atoms. The lowest BCUT2D eigenvalue weighted by Crippen LogP contribution is -2.43. The van der Waals surface area contributed by atoms with Crippen molar-refractivity contribution >= 4 is 28.9 Å². The molecule has 1 saturated heterocycles. The Kier molecular flexibility index (Phi) is 3.79. The van der Waals surface area contributed by atoms with Crippen LogP contribution in [0, 0.1) is 0 Å². The van der Waals surface area contributed by atoms with Gasteiger partial charge < -0.3 is 9.64 Å². The van der Waals surface area contributed by atoms with Crippen LogP contribution in [-0.4, -0.2) is 18.1 Å². The summed E-state index contributed by atoms with van der Waals surface area (Å²) < 4.78 is 6.59. The fourth-order valence-electron chi connectivity index (χ4n) is 4.14. The molecule has 0 saturated carbocycles. The number of pyridine rings is 1. The first-order valence-corrected chi connectivity index (χ1v) is 9.04. The predicted octanol–water partition coefficient (Wildman–Crippen LogP) is 5.15. The average molecular weight is 363 g/mol.